The molecule has 0 fully saturated rings. The van der Waals surface area contributed by atoms with Crippen molar-refractivity contribution < 1.29 is 14.7 Å². The Bertz CT molecular complexity index is 590. The first-order valence-corrected chi connectivity index (χ1v) is 5.78. The van der Waals surface area contributed by atoms with Crippen LogP contribution in [0.15, 0.2) is 42.7 Å². The molecule has 2 aromatic rings. The van der Waals surface area contributed by atoms with Crippen LogP contribution in [0.4, 0.5) is 0 Å². The molecule has 2 rings (SSSR count). The summed E-state index contributed by atoms with van der Waals surface area (Å²) in [5.41, 5.74) is 1.48. The molecule has 0 aliphatic rings. The molecule has 19 heavy (non-hydrogen) atoms. The van der Waals surface area contributed by atoms with Crippen molar-refractivity contribution >= 4 is 11.9 Å². The van der Waals surface area contributed by atoms with E-state index in [0.29, 0.717) is 12.1 Å². The largest absolute Gasteiger partial charge is 0.478 e. The summed E-state index contributed by atoms with van der Waals surface area (Å²) in [6.07, 6.45) is 3.61. The topological polar surface area (TPSA) is 73.4 Å². The molecule has 98 valence electrons. The molecule has 0 saturated carbocycles. The van der Waals surface area contributed by atoms with Gasteiger partial charge >= 0.3 is 5.97 Å². The molecule has 0 unspecified atom stereocenters. The van der Waals surface area contributed by atoms with E-state index in [9.17, 15) is 9.59 Å². The number of carbonyl (C=O) groups excluding carboxylic acids is 1. The highest BCUT2D eigenvalue weighted by Crippen LogP contribution is 2.10. The van der Waals surface area contributed by atoms with E-state index >= 15 is 0 Å². The maximum Gasteiger partial charge on any atom is 0.335 e. The summed E-state index contributed by atoms with van der Waals surface area (Å²) in [5.74, 6) is -1.24. The van der Waals surface area contributed by atoms with Gasteiger partial charge in [-0.05, 0) is 29.8 Å². The number of hydrogen-bond acceptors (Lipinski definition) is 2. The van der Waals surface area contributed by atoms with E-state index in [1.807, 2.05) is 12.3 Å². The van der Waals surface area contributed by atoms with Crippen LogP contribution in [-0.4, -0.2) is 33.9 Å². The number of carboxylic acids is 1. The number of carbonyl (C=O) groups is 2. The van der Waals surface area contributed by atoms with Crippen molar-refractivity contribution in [1.82, 2.24) is 9.88 Å². The van der Waals surface area contributed by atoms with Gasteiger partial charge in [-0.2, -0.15) is 0 Å². The van der Waals surface area contributed by atoms with Crippen molar-refractivity contribution in [3.05, 3.63) is 59.4 Å². The van der Waals surface area contributed by atoms with Gasteiger partial charge in [0.25, 0.3) is 5.91 Å². The lowest BCUT2D eigenvalue weighted by atomic mass is 10.1. The number of rotatable bonds is 4. The average Bonchev–Trinajstić information content (AvgIpc) is 2.90. The fraction of sp³-hybridized carbons (Fsp3) is 0.143. The predicted molar refractivity (Wildman–Crippen MR) is 70.0 cm³/mol. The molecule has 1 aromatic carbocycles. The summed E-state index contributed by atoms with van der Waals surface area (Å²) >= 11 is 0. The van der Waals surface area contributed by atoms with Crippen molar-refractivity contribution in [2.75, 3.05) is 7.05 Å². The zero-order chi connectivity index (χ0) is 13.8. The lowest BCUT2D eigenvalue weighted by Crippen LogP contribution is -2.26. The fourth-order valence-corrected chi connectivity index (χ4v) is 1.81. The summed E-state index contributed by atoms with van der Waals surface area (Å²) in [5, 5.41) is 8.91. The van der Waals surface area contributed by atoms with Gasteiger partial charge in [-0.25, -0.2) is 4.79 Å². The molecular formula is C14H14N2O3. The first-order valence-electron chi connectivity index (χ1n) is 5.78. The predicted octanol–water partition coefficient (Wildman–Crippen LogP) is 1.99. The summed E-state index contributed by atoms with van der Waals surface area (Å²) in [7, 11) is 1.68. The van der Waals surface area contributed by atoms with Crippen LogP contribution in [0, 0.1) is 0 Å². The number of benzene rings is 1. The Balaban J connectivity index is 2.14. The molecule has 0 radical (unpaired) electrons. The lowest BCUT2D eigenvalue weighted by Gasteiger charge is -2.16. The molecule has 0 aliphatic carbocycles. The van der Waals surface area contributed by atoms with Gasteiger partial charge in [-0.15, -0.1) is 0 Å². The standard InChI is InChI=1S/C14H14N2O3/c1-16(9-10-5-6-15-8-10)13(17)11-3-2-4-12(7-11)14(18)19/h2-8,15H,9H2,1H3,(H,18,19). The Morgan fingerprint density at radius 3 is 2.63 bits per heavy atom. The van der Waals surface area contributed by atoms with Crippen LogP contribution in [0.1, 0.15) is 26.3 Å². The SMILES string of the molecule is CN(Cc1cc[nH]c1)C(=O)c1cccc(C(=O)O)c1. The van der Waals surface area contributed by atoms with E-state index in [1.165, 1.54) is 12.1 Å². The zero-order valence-electron chi connectivity index (χ0n) is 10.5. The second-order valence-corrected chi connectivity index (χ2v) is 4.27. The number of nitrogens with one attached hydrogen (secondary N) is 1. The van der Waals surface area contributed by atoms with Crippen LogP contribution in [-0.2, 0) is 6.54 Å². The Morgan fingerprint density at radius 2 is 2.00 bits per heavy atom. The Hall–Kier alpha value is -2.56. The number of hydrogen-bond donors (Lipinski definition) is 2. The van der Waals surface area contributed by atoms with Gasteiger partial charge < -0.3 is 15.0 Å². The minimum absolute atomic E-state index is 0.112. The highest BCUT2D eigenvalue weighted by atomic mass is 16.4. The maximum atomic E-state index is 12.2. The Labute approximate surface area is 110 Å². The normalized spacial score (nSPS) is 10.2. The van der Waals surface area contributed by atoms with Gasteiger partial charge in [-0.3, -0.25) is 4.79 Å². The van der Waals surface area contributed by atoms with Crippen molar-refractivity contribution in [3.8, 4) is 0 Å². The van der Waals surface area contributed by atoms with Gasteiger partial charge in [0, 0.05) is 31.5 Å². The number of aromatic carboxylic acids is 1. The molecule has 0 atom stereocenters. The fourth-order valence-electron chi connectivity index (χ4n) is 1.81. The minimum Gasteiger partial charge on any atom is -0.478 e. The molecule has 1 aromatic heterocycles. The van der Waals surface area contributed by atoms with Crippen LogP contribution in [0.25, 0.3) is 0 Å². The van der Waals surface area contributed by atoms with Crippen molar-refractivity contribution in [2.45, 2.75) is 6.54 Å². The van der Waals surface area contributed by atoms with Crippen molar-refractivity contribution in [3.63, 3.8) is 0 Å². The Morgan fingerprint density at radius 1 is 1.26 bits per heavy atom. The molecule has 0 aliphatic heterocycles. The molecule has 0 saturated heterocycles. The molecule has 2 N–H and O–H groups in total. The first-order chi connectivity index (χ1) is 9.08. The summed E-state index contributed by atoms with van der Waals surface area (Å²) < 4.78 is 0. The molecule has 0 bridgehead atoms. The van der Waals surface area contributed by atoms with Crippen LogP contribution < -0.4 is 0 Å². The first kappa shape index (κ1) is 12.9. The van der Waals surface area contributed by atoms with Gasteiger partial charge in [0.1, 0.15) is 0 Å². The third kappa shape index (κ3) is 3.01. The van der Waals surface area contributed by atoms with Gasteiger partial charge in [-0.1, -0.05) is 6.07 Å². The number of nitrogens with zero attached hydrogens (tertiary/aromatic N) is 1. The summed E-state index contributed by atoms with van der Waals surface area (Å²) in [6.45, 7) is 0.472. The highest BCUT2D eigenvalue weighted by Gasteiger charge is 2.14. The van der Waals surface area contributed by atoms with Crippen molar-refractivity contribution in [1.29, 1.82) is 0 Å². The summed E-state index contributed by atoms with van der Waals surface area (Å²) in [6, 6.07) is 7.92. The van der Waals surface area contributed by atoms with Crippen LogP contribution >= 0.6 is 0 Å². The number of amides is 1. The van der Waals surface area contributed by atoms with Crippen LogP contribution in [0.3, 0.4) is 0 Å². The van der Waals surface area contributed by atoms with Gasteiger partial charge in [0.15, 0.2) is 0 Å². The quantitative estimate of drug-likeness (QED) is 0.880. The Kier molecular flexibility index (Phi) is 3.66. The van der Waals surface area contributed by atoms with Gasteiger partial charge in [0.2, 0.25) is 0 Å². The van der Waals surface area contributed by atoms with E-state index in [4.69, 9.17) is 5.11 Å². The number of H-pyrrole nitrogens is 1. The van der Waals surface area contributed by atoms with E-state index < -0.39 is 5.97 Å². The van der Waals surface area contributed by atoms with Crippen LogP contribution in [0.2, 0.25) is 0 Å². The molecule has 5 heteroatoms. The summed E-state index contributed by atoms with van der Waals surface area (Å²) in [4.78, 5) is 27.5. The minimum atomic E-state index is -1.04. The molecular weight excluding hydrogens is 244 g/mol. The second-order valence-electron chi connectivity index (χ2n) is 4.27. The highest BCUT2D eigenvalue weighted by molar-refractivity contribution is 5.97. The smallest absolute Gasteiger partial charge is 0.335 e. The van der Waals surface area contributed by atoms with Crippen LogP contribution in [0.5, 0.6) is 0 Å². The second kappa shape index (κ2) is 5.39. The number of carboxylic acid groups (broad SMARTS) is 1. The van der Waals surface area contributed by atoms with Gasteiger partial charge in [0.05, 0.1) is 5.56 Å². The van der Waals surface area contributed by atoms with E-state index in [0.717, 1.165) is 5.56 Å². The number of aromatic nitrogens is 1. The van der Waals surface area contributed by atoms with E-state index in [-0.39, 0.29) is 11.5 Å². The van der Waals surface area contributed by atoms with E-state index in [1.54, 1.807) is 30.3 Å². The third-order valence-electron chi connectivity index (χ3n) is 2.79. The molecule has 0 spiro atoms. The average molecular weight is 258 g/mol. The molecule has 1 heterocycles. The molecule has 5 nitrogen and oxygen atoms in total. The van der Waals surface area contributed by atoms with Crippen molar-refractivity contribution in [2.24, 2.45) is 0 Å². The monoisotopic (exact) mass is 258 g/mol. The maximum absolute atomic E-state index is 12.2. The van der Waals surface area contributed by atoms with E-state index in [2.05, 4.69) is 4.98 Å². The zero-order valence-corrected chi connectivity index (χ0v) is 10.5. The molecule has 1 amide bonds. The lowest BCUT2D eigenvalue weighted by molar-refractivity contribution is 0.0697. The number of aromatic amines is 1. The third-order valence-corrected chi connectivity index (χ3v) is 2.79.